The molecular weight excluding hydrogens is 572 g/mol. The Morgan fingerprint density at radius 1 is 0.523 bits per heavy atom. The van der Waals surface area contributed by atoms with E-state index in [9.17, 15) is 0 Å². The molecule has 3 nitrogen and oxygen atoms in total. The summed E-state index contributed by atoms with van der Waals surface area (Å²) >= 11 is 0. The first-order valence-corrected chi connectivity index (χ1v) is 18.5. The zero-order valence-corrected chi connectivity index (χ0v) is 29.3. The Labute approximate surface area is 266 Å². The van der Waals surface area contributed by atoms with E-state index in [4.69, 9.17) is 15.0 Å². The zero-order valence-electron chi connectivity index (χ0n) is 27.5. The second-order valence-corrected chi connectivity index (χ2v) is 19.6. The molecule has 2 unspecified atom stereocenters. The van der Waals surface area contributed by atoms with Gasteiger partial charge in [-0.15, -0.1) is 0 Å². The summed E-state index contributed by atoms with van der Waals surface area (Å²) < 4.78 is 0. The molecule has 5 heteroatoms. The van der Waals surface area contributed by atoms with E-state index in [1.807, 2.05) is 12.1 Å². The second-order valence-electron chi connectivity index (χ2n) is 13.4. The third-order valence-electron chi connectivity index (χ3n) is 8.74. The monoisotopic (exact) mass is 615 g/mol. The van der Waals surface area contributed by atoms with Gasteiger partial charge in [0.25, 0.3) is 0 Å². The van der Waals surface area contributed by atoms with Gasteiger partial charge < -0.3 is 0 Å². The zero-order chi connectivity index (χ0) is 31.3. The lowest BCUT2D eigenvalue weighted by Crippen LogP contribution is -2.34. The Hall–Kier alpha value is -3.25. The van der Waals surface area contributed by atoms with Crippen LogP contribution in [0.4, 0.5) is 0 Å². The van der Waals surface area contributed by atoms with Crippen LogP contribution in [0.2, 0.25) is 0 Å². The van der Waals surface area contributed by atoms with Crippen LogP contribution in [-0.2, 0) is 0 Å². The number of nitrogens with zero attached hydrogens (tertiary/aromatic N) is 3. The van der Waals surface area contributed by atoms with E-state index in [1.54, 1.807) is 0 Å². The third-order valence-corrected chi connectivity index (χ3v) is 17.1. The Morgan fingerprint density at radius 3 is 1.23 bits per heavy atom. The first-order valence-electron chi connectivity index (χ1n) is 15.5. The molecule has 6 rings (SSSR count). The Balaban J connectivity index is 1.66. The van der Waals surface area contributed by atoms with Gasteiger partial charge in [0.15, 0.2) is 17.2 Å². The van der Waals surface area contributed by atoms with Crippen LogP contribution in [0.25, 0.3) is 22.8 Å². The lowest BCUT2D eigenvalue weighted by atomic mass is 10.0. The van der Waals surface area contributed by atoms with Gasteiger partial charge in [-0.25, -0.2) is 15.0 Å². The van der Waals surface area contributed by atoms with Gasteiger partial charge in [0, 0.05) is 21.9 Å². The van der Waals surface area contributed by atoms with E-state index >= 15 is 0 Å². The van der Waals surface area contributed by atoms with Crippen LogP contribution in [0, 0.1) is 41.5 Å². The largest absolute Gasteiger partial charge is 0.209 e. The van der Waals surface area contributed by atoms with E-state index in [0.29, 0.717) is 10.8 Å². The Kier molecular flexibility index (Phi) is 8.34. The number of rotatable bonds is 5. The molecule has 1 aliphatic heterocycles. The number of hydrogen-bond donors (Lipinski definition) is 0. The van der Waals surface area contributed by atoms with Crippen LogP contribution in [0.3, 0.4) is 0 Å². The van der Waals surface area contributed by atoms with Crippen molar-refractivity contribution in [2.45, 2.75) is 78.3 Å². The van der Waals surface area contributed by atoms with Gasteiger partial charge in [-0.1, -0.05) is 125 Å². The standard InChI is InChI=1S/C39H43N3P2/c1-24-20-26(3)32(27(4)21-24)36-43(37(44(36)39(7,8)9)33-28(5)22-25(2)23-29(33)6)38-41-34(30-16-12-10-13-17-30)40-35(42-38)31-18-14-11-15-19-31/h10-23,36-37H,1-9H3. The minimum atomic E-state index is -0.807. The van der Waals surface area contributed by atoms with Crippen LogP contribution in [0.5, 0.6) is 0 Å². The lowest BCUT2D eigenvalue weighted by Gasteiger charge is -2.59. The Morgan fingerprint density at radius 2 is 0.886 bits per heavy atom. The van der Waals surface area contributed by atoms with Crippen LogP contribution in [-0.4, -0.2) is 20.1 Å². The van der Waals surface area contributed by atoms with E-state index in [-0.39, 0.29) is 5.16 Å². The van der Waals surface area contributed by atoms with Gasteiger partial charge in [-0.05, 0) is 88.0 Å². The Bertz CT molecular complexity index is 1660. The summed E-state index contributed by atoms with van der Waals surface area (Å²) in [7, 11) is -1.27. The number of hydrogen-bond acceptors (Lipinski definition) is 3. The van der Waals surface area contributed by atoms with E-state index in [1.165, 1.54) is 44.5 Å². The highest BCUT2D eigenvalue weighted by Crippen LogP contribution is 2.96. The maximum absolute atomic E-state index is 5.39. The molecule has 1 aliphatic rings. The fourth-order valence-electron chi connectivity index (χ4n) is 7.08. The average molecular weight is 616 g/mol. The number of aryl methyl sites for hydroxylation is 6. The van der Waals surface area contributed by atoms with Crippen molar-refractivity contribution in [1.29, 1.82) is 0 Å². The van der Waals surface area contributed by atoms with Crippen molar-refractivity contribution in [3.8, 4) is 22.8 Å². The summed E-state index contributed by atoms with van der Waals surface area (Å²) in [4.78, 5) is 15.8. The van der Waals surface area contributed by atoms with Gasteiger partial charge in [0.05, 0.1) is 0 Å². The lowest BCUT2D eigenvalue weighted by molar-refractivity contribution is 0.764. The molecule has 0 aliphatic carbocycles. The molecule has 0 amide bonds. The van der Waals surface area contributed by atoms with Gasteiger partial charge in [0.2, 0.25) is 0 Å². The molecule has 44 heavy (non-hydrogen) atoms. The average Bonchev–Trinajstić information content (AvgIpc) is 2.95. The molecule has 0 N–H and O–H groups in total. The maximum Gasteiger partial charge on any atom is 0.164 e. The van der Waals surface area contributed by atoms with Gasteiger partial charge in [0.1, 0.15) is 0 Å². The first-order chi connectivity index (χ1) is 20.9. The summed E-state index contributed by atoms with van der Waals surface area (Å²) in [6.07, 6.45) is 0. The fourth-order valence-corrected chi connectivity index (χ4v) is 18.1. The molecule has 0 bridgehead atoms. The van der Waals surface area contributed by atoms with E-state index in [0.717, 1.165) is 28.3 Å². The maximum atomic E-state index is 5.39. The molecule has 5 aromatic rings. The SMILES string of the molecule is Cc1cc(C)c(C2P(c3nc(-c4ccccc4)nc(-c4ccccc4)n3)C(c3c(C)cc(C)cc3C)P2C(C)(C)C)c(C)c1. The van der Waals surface area contributed by atoms with Crippen LogP contribution in [0.1, 0.15) is 76.1 Å². The highest BCUT2D eigenvalue weighted by atomic mass is 31.2. The number of aromatic nitrogens is 3. The van der Waals surface area contributed by atoms with Crippen LogP contribution >= 0.6 is 15.8 Å². The summed E-state index contributed by atoms with van der Waals surface area (Å²) in [5.41, 5.74) is 14.3. The second kappa shape index (κ2) is 11.9. The summed E-state index contributed by atoms with van der Waals surface area (Å²) in [5.74, 6) is 1.52. The number of benzene rings is 4. The van der Waals surface area contributed by atoms with Crippen molar-refractivity contribution in [1.82, 2.24) is 15.0 Å². The normalized spacial score (nSPS) is 19.9. The molecule has 2 heterocycles. The predicted octanol–water partition coefficient (Wildman–Crippen LogP) is 10.9. The molecule has 224 valence electrons. The van der Waals surface area contributed by atoms with E-state index < -0.39 is 15.8 Å². The van der Waals surface area contributed by atoms with Crippen molar-refractivity contribution in [2.24, 2.45) is 0 Å². The van der Waals surface area contributed by atoms with Crippen LogP contribution < -0.4 is 5.57 Å². The van der Waals surface area contributed by atoms with Crippen molar-refractivity contribution < 1.29 is 0 Å². The highest BCUT2D eigenvalue weighted by Gasteiger charge is 2.58. The quantitative estimate of drug-likeness (QED) is 0.185. The molecule has 1 saturated heterocycles. The third kappa shape index (κ3) is 5.66. The smallest absolute Gasteiger partial charge is 0.164 e. The summed E-state index contributed by atoms with van der Waals surface area (Å²) in [6, 6.07) is 30.3. The molecule has 0 saturated carbocycles. The van der Waals surface area contributed by atoms with E-state index in [2.05, 4.69) is 135 Å². The molecule has 4 aromatic carbocycles. The van der Waals surface area contributed by atoms with Crippen molar-refractivity contribution in [3.63, 3.8) is 0 Å². The molecule has 2 atom stereocenters. The molecular formula is C39H43N3P2. The highest BCUT2D eigenvalue weighted by molar-refractivity contribution is 7.95. The summed E-state index contributed by atoms with van der Waals surface area (Å²) in [6.45, 7) is 21.1. The minimum absolute atomic E-state index is 0.147. The van der Waals surface area contributed by atoms with Crippen molar-refractivity contribution >= 4 is 21.4 Å². The van der Waals surface area contributed by atoms with Crippen LogP contribution in [0.15, 0.2) is 84.9 Å². The first kappa shape index (κ1) is 30.8. The minimum Gasteiger partial charge on any atom is -0.209 e. The predicted molar refractivity (Wildman–Crippen MR) is 191 cm³/mol. The van der Waals surface area contributed by atoms with Gasteiger partial charge in [-0.3, -0.25) is 0 Å². The summed E-state index contributed by atoms with van der Waals surface area (Å²) in [5, 5.41) is 0.954. The molecule has 1 aromatic heterocycles. The van der Waals surface area contributed by atoms with Gasteiger partial charge >= 0.3 is 0 Å². The fraction of sp³-hybridized carbons (Fsp3) is 0.308. The van der Waals surface area contributed by atoms with Crippen molar-refractivity contribution in [3.05, 3.63) is 129 Å². The van der Waals surface area contributed by atoms with Crippen molar-refractivity contribution in [2.75, 3.05) is 0 Å². The molecule has 1 fully saturated rings. The van der Waals surface area contributed by atoms with Gasteiger partial charge in [-0.2, -0.15) is 0 Å². The molecule has 0 spiro atoms. The molecule has 0 radical (unpaired) electrons. The topological polar surface area (TPSA) is 38.7 Å².